The molecule has 1 unspecified atom stereocenters. The average Bonchev–Trinajstić information content (AvgIpc) is 2.42. The first kappa shape index (κ1) is 11.4. The lowest BCUT2D eigenvalue weighted by Crippen LogP contribution is -2.20. The first-order chi connectivity index (χ1) is 8.83. The van der Waals surface area contributed by atoms with Crippen LogP contribution in [0.4, 0.5) is 0 Å². The number of ether oxygens (including phenoxy) is 1. The van der Waals surface area contributed by atoms with Crippen molar-refractivity contribution in [3.63, 3.8) is 0 Å². The van der Waals surface area contributed by atoms with Gasteiger partial charge in [0.1, 0.15) is 11.9 Å². The fraction of sp³-hybridized carbons (Fsp3) is 0.125. The fourth-order valence-electron chi connectivity index (χ4n) is 2.17. The highest BCUT2D eigenvalue weighted by Gasteiger charge is 2.20. The summed E-state index contributed by atoms with van der Waals surface area (Å²) in [5, 5.41) is 0.724. The summed E-state index contributed by atoms with van der Waals surface area (Å²) in [6, 6.07) is 7.48. The molecule has 0 aliphatic heterocycles. The van der Waals surface area contributed by atoms with Crippen molar-refractivity contribution in [3.8, 4) is 5.75 Å². The lowest BCUT2D eigenvalue weighted by molar-refractivity contribution is 0.284. The second-order valence-corrected chi connectivity index (χ2v) is 4.76. The van der Waals surface area contributed by atoms with Crippen LogP contribution < -0.4 is 4.74 Å². The van der Waals surface area contributed by atoms with E-state index in [1.54, 1.807) is 0 Å². The summed E-state index contributed by atoms with van der Waals surface area (Å²) in [6.07, 6.45) is 13.6. The highest BCUT2D eigenvalue weighted by atomic mass is 35.5. The topological polar surface area (TPSA) is 9.23 Å². The van der Waals surface area contributed by atoms with Crippen molar-refractivity contribution >= 4 is 11.6 Å². The van der Waals surface area contributed by atoms with E-state index in [1.165, 1.54) is 11.1 Å². The van der Waals surface area contributed by atoms with Gasteiger partial charge in [-0.3, -0.25) is 0 Å². The van der Waals surface area contributed by atoms with E-state index in [1.807, 2.05) is 24.3 Å². The minimum atomic E-state index is -0.00359. The molecule has 2 aliphatic rings. The van der Waals surface area contributed by atoms with Crippen LogP contribution in [0.25, 0.3) is 0 Å². The van der Waals surface area contributed by atoms with Crippen molar-refractivity contribution in [1.29, 1.82) is 0 Å². The largest absolute Gasteiger partial charge is 0.482 e. The van der Waals surface area contributed by atoms with Crippen molar-refractivity contribution in [2.24, 2.45) is 0 Å². The second-order valence-electron chi connectivity index (χ2n) is 4.32. The standard InChI is InChI=1S/C16H13ClO/c17-13-8-10-14(11-9-13)18-16-7-3-5-12-4-1-2-6-15(12)16/h1-3,5-11,16H,4H2. The maximum atomic E-state index is 5.99. The van der Waals surface area contributed by atoms with Crippen LogP contribution in [0.5, 0.6) is 5.75 Å². The van der Waals surface area contributed by atoms with Gasteiger partial charge in [-0.25, -0.2) is 0 Å². The zero-order valence-corrected chi connectivity index (χ0v) is 10.6. The number of allylic oxidation sites excluding steroid dienone is 5. The number of fused-ring (bicyclic) bond motifs is 1. The number of halogens is 1. The summed E-state index contributed by atoms with van der Waals surface area (Å²) in [7, 11) is 0. The van der Waals surface area contributed by atoms with Gasteiger partial charge < -0.3 is 4.74 Å². The average molecular weight is 257 g/mol. The van der Waals surface area contributed by atoms with E-state index < -0.39 is 0 Å². The molecule has 0 heterocycles. The van der Waals surface area contributed by atoms with Gasteiger partial charge in [0.25, 0.3) is 0 Å². The Morgan fingerprint density at radius 3 is 2.72 bits per heavy atom. The molecular formula is C16H13ClO. The summed E-state index contributed by atoms with van der Waals surface area (Å²) in [5.41, 5.74) is 2.58. The molecule has 2 aliphatic carbocycles. The highest BCUT2D eigenvalue weighted by molar-refractivity contribution is 6.30. The summed E-state index contributed by atoms with van der Waals surface area (Å²) in [6.45, 7) is 0. The van der Waals surface area contributed by atoms with Crippen molar-refractivity contribution in [2.45, 2.75) is 12.5 Å². The van der Waals surface area contributed by atoms with Gasteiger partial charge in [-0.1, -0.05) is 42.0 Å². The zero-order chi connectivity index (χ0) is 12.4. The van der Waals surface area contributed by atoms with Crippen LogP contribution in [0.2, 0.25) is 5.02 Å². The molecule has 0 spiro atoms. The predicted octanol–water partition coefficient (Wildman–Crippen LogP) is 4.47. The number of benzene rings is 1. The predicted molar refractivity (Wildman–Crippen MR) is 74.9 cm³/mol. The van der Waals surface area contributed by atoms with Gasteiger partial charge in [-0.05, 0) is 47.9 Å². The quantitative estimate of drug-likeness (QED) is 0.759. The van der Waals surface area contributed by atoms with Crippen LogP contribution >= 0.6 is 11.6 Å². The van der Waals surface area contributed by atoms with Gasteiger partial charge in [-0.2, -0.15) is 0 Å². The molecule has 0 aromatic heterocycles. The molecule has 1 aromatic carbocycles. The van der Waals surface area contributed by atoms with Crippen molar-refractivity contribution in [2.75, 3.05) is 0 Å². The van der Waals surface area contributed by atoms with E-state index >= 15 is 0 Å². The van der Waals surface area contributed by atoms with Gasteiger partial charge in [-0.15, -0.1) is 0 Å². The van der Waals surface area contributed by atoms with Crippen LogP contribution in [-0.4, -0.2) is 6.10 Å². The molecule has 0 N–H and O–H groups in total. The molecule has 0 bridgehead atoms. The van der Waals surface area contributed by atoms with Gasteiger partial charge in [0, 0.05) is 5.02 Å². The third-order valence-electron chi connectivity index (χ3n) is 3.09. The van der Waals surface area contributed by atoms with Gasteiger partial charge in [0.05, 0.1) is 0 Å². The van der Waals surface area contributed by atoms with Crippen molar-refractivity contribution in [1.82, 2.24) is 0 Å². The fourth-order valence-corrected chi connectivity index (χ4v) is 2.30. The summed E-state index contributed by atoms with van der Waals surface area (Å²) in [4.78, 5) is 0. The molecule has 1 atom stereocenters. The maximum absolute atomic E-state index is 5.99. The van der Waals surface area contributed by atoms with Crippen LogP contribution in [0.3, 0.4) is 0 Å². The van der Waals surface area contributed by atoms with E-state index in [9.17, 15) is 0 Å². The molecule has 0 radical (unpaired) electrons. The Morgan fingerprint density at radius 2 is 1.89 bits per heavy atom. The SMILES string of the molecule is Clc1ccc(OC2C=CC=C3CC=CC=C32)cc1. The van der Waals surface area contributed by atoms with Crippen molar-refractivity contribution < 1.29 is 4.74 Å². The Bertz CT molecular complexity index is 561. The molecular weight excluding hydrogens is 244 g/mol. The Hall–Kier alpha value is -1.73. The van der Waals surface area contributed by atoms with Crippen LogP contribution in [0.1, 0.15) is 6.42 Å². The second kappa shape index (κ2) is 4.87. The molecule has 1 nitrogen and oxygen atoms in total. The van der Waals surface area contributed by atoms with Crippen LogP contribution in [-0.2, 0) is 0 Å². The maximum Gasteiger partial charge on any atom is 0.143 e. The van der Waals surface area contributed by atoms with Gasteiger partial charge in [0.2, 0.25) is 0 Å². The van der Waals surface area contributed by atoms with E-state index in [0.717, 1.165) is 17.2 Å². The molecule has 0 saturated carbocycles. The Labute approximate surface area is 112 Å². The lowest BCUT2D eigenvalue weighted by atomic mass is 9.90. The molecule has 90 valence electrons. The van der Waals surface area contributed by atoms with Gasteiger partial charge in [0.15, 0.2) is 0 Å². The summed E-state index contributed by atoms with van der Waals surface area (Å²) >= 11 is 5.87. The van der Waals surface area contributed by atoms with Crippen molar-refractivity contribution in [3.05, 3.63) is 76.9 Å². The first-order valence-corrected chi connectivity index (χ1v) is 6.37. The lowest BCUT2D eigenvalue weighted by Gasteiger charge is -2.24. The Morgan fingerprint density at radius 1 is 1.06 bits per heavy atom. The molecule has 0 saturated heterocycles. The minimum Gasteiger partial charge on any atom is -0.482 e. The number of rotatable bonds is 2. The summed E-state index contributed by atoms with van der Waals surface area (Å²) < 4.78 is 5.99. The Balaban J connectivity index is 1.82. The van der Waals surface area contributed by atoms with Crippen LogP contribution in [0.15, 0.2) is 71.9 Å². The molecule has 3 rings (SSSR count). The highest BCUT2D eigenvalue weighted by Crippen LogP contribution is 2.29. The zero-order valence-electron chi connectivity index (χ0n) is 9.84. The smallest absolute Gasteiger partial charge is 0.143 e. The molecule has 18 heavy (non-hydrogen) atoms. The first-order valence-electron chi connectivity index (χ1n) is 5.99. The van der Waals surface area contributed by atoms with E-state index in [0.29, 0.717) is 0 Å². The summed E-state index contributed by atoms with van der Waals surface area (Å²) in [5.74, 6) is 0.839. The van der Waals surface area contributed by atoms with Crippen LogP contribution in [0, 0.1) is 0 Å². The van der Waals surface area contributed by atoms with E-state index in [4.69, 9.17) is 16.3 Å². The monoisotopic (exact) mass is 256 g/mol. The molecule has 1 aromatic rings. The normalized spacial score (nSPS) is 21.1. The van der Waals surface area contributed by atoms with E-state index in [-0.39, 0.29) is 6.10 Å². The van der Waals surface area contributed by atoms with E-state index in [2.05, 4.69) is 36.5 Å². The molecule has 2 heteroatoms. The Kier molecular flexibility index (Phi) is 3.07. The molecule has 0 amide bonds. The minimum absolute atomic E-state index is 0.00359. The number of hydrogen-bond donors (Lipinski definition) is 0. The third kappa shape index (κ3) is 2.27. The molecule has 0 fully saturated rings. The third-order valence-corrected chi connectivity index (χ3v) is 3.34. The number of hydrogen-bond acceptors (Lipinski definition) is 1. The van der Waals surface area contributed by atoms with Gasteiger partial charge >= 0.3 is 0 Å².